The van der Waals surface area contributed by atoms with Crippen molar-refractivity contribution in [2.75, 3.05) is 0 Å². The van der Waals surface area contributed by atoms with Crippen molar-refractivity contribution < 1.29 is 0 Å². The Morgan fingerprint density at radius 2 is 2.05 bits per heavy atom. The maximum absolute atomic E-state index is 6.07. The number of aryl methyl sites for hydroxylation is 1. The van der Waals surface area contributed by atoms with E-state index in [0.29, 0.717) is 12.1 Å². The Bertz CT molecular complexity index is 626. The molecule has 0 saturated carbocycles. The smallest absolute Gasteiger partial charge is 0.0408 e. The minimum absolute atomic E-state index is 0.317. The number of nitrogens with one attached hydrogen (secondary N) is 1. The molecule has 1 unspecified atom stereocenters. The molecular weight excluding hydrogens is 334 g/mol. The zero-order valence-corrected chi connectivity index (χ0v) is 13.7. The molecule has 3 heteroatoms. The van der Waals surface area contributed by atoms with E-state index >= 15 is 0 Å². The maximum atomic E-state index is 6.07. The standard InChI is InChI=1S/C17H17BrClN/c1-11(14-4-2-3-5-16(14)18)20-17-9-6-12-10-13(19)7-8-15(12)17/h2-5,7-8,10-11,17,20H,6,9H2,1H3/t11-,17?/m0/s1. The van der Waals surface area contributed by atoms with E-state index in [4.69, 9.17) is 11.6 Å². The lowest BCUT2D eigenvalue weighted by atomic mass is 10.0. The molecule has 0 bridgehead atoms. The lowest BCUT2D eigenvalue weighted by Gasteiger charge is -2.21. The second-order valence-electron chi connectivity index (χ2n) is 5.34. The van der Waals surface area contributed by atoms with Crippen molar-refractivity contribution in [1.29, 1.82) is 0 Å². The summed E-state index contributed by atoms with van der Waals surface area (Å²) in [7, 11) is 0. The molecule has 0 fully saturated rings. The molecule has 0 amide bonds. The SMILES string of the molecule is C[C@H](NC1CCc2cc(Cl)ccc21)c1ccccc1Br. The summed E-state index contributed by atoms with van der Waals surface area (Å²) >= 11 is 9.70. The van der Waals surface area contributed by atoms with E-state index in [0.717, 1.165) is 22.3 Å². The van der Waals surface area contributed by atoms with Crippen molar-refractivity contribution in [3.63, 3.8) is 0 Å². The third-order valence-electron chi connectivity index (χ3n) is 4.01. The molecule has 1 nitrogen and oxygen atoms in total. The summed E-state index contributed by atoms with van der Waals surface area (Å²) in [5.74, 6) is 0. The highest BCUT2D eigenvalue weighted by Crippen LogP contribution is 2.35. The van der Waals surface area contributed by atoms with E-state index < -0.39 is 0 Å². The summed E-state index contributed by atoms with van der Waals surface area (Å²) in [4.78, 5) is 0. The van der Waals surface area contributed by atoms with Gasteiger partial charge in [-0.1, -0.05) is 51.8 Å². The lowest BCUT2D eigenvalue weighted by molar-refractivity contribution is 0.464. The molecule has 0 spiro atoms. The topological polar surface area (TPSA) is 12.0 Å². The van der Waals surface area contributed by atoms with Gasteiger partial charge in [0, 0.05) is 21.6 Å². The Morgan fingerprint density at radius 3 is 2.85 bits per heavy atom. The fourth-order valence-electron chi connectivity index (χ4n) is 2.98. The summed E-state index contributed by atoms with van der Waals surface area (Å²) in [5, 5.41) is 4.57. The minimum atomic E-state index is 0.317. The first-order valence-electron chi connectivity index (χ1n) is 6.94. The third-order valence-corrected chi connectivity index (χ3v) is 4.96. The zero-order chi connectivity index (χ0) is 14.1. The van der Waals surface area contributed by atoms with Crippen molar-refractivity contribution in [1.82, 2.24) is 5.32 Å². The van der Waals surface area contributed by atoms with Crippen LogP contribution in [-0.4, -0.2) is 0 Å². The molecular formula is C17H17BrClN. The van der Waals surface area contributed by atoms with Gasteiger partial charge in [-0.3, -0.25) is 0 Å². The second-order valence-corrected chi connectivity index (χ2v) is 6.64. The van der Waals surface area contributed by atoms with Crippen molar-refractivity contribution >= 4 is 27.5 Å². The van der Waals surface area contributed by atoms with Crippen LogP contribution < -0.4 is 5.32 Å². The van der Waals surface area contributed by atoms with Crippen LogP contribution in [0.1, 0.15) is 42.1 Å². The van der Waals surface area contributed by atoms with E-state index in [-0.39, 0.29) is 0 Å². The van der Waals surface area contributed by atoms with E-state index in [9.17, 15) is 0 Å². The molecule has 104 valence electrons. The fraction of sp³-hybridized carbons (Fsp3) is 0.294. The van der Waals surface area contributed by atoms with Crippen LogP contribution in [0.2, 0.25) is 5.02 Å². The zero-order valence-electron chi connectivity index (χ0n) is 11.4. The predicted octanol–water partition coefficient (Wildman–Crippen LogP) is 5.44. The maximum Gasteiger partial charge on any atom is 0.0408 e. The van der Waals surface area contributed by atoms with E-state index in [1.165, 1.54) is 16.7 Å². The molecule has 2 aromatic rings. The Hall–Kier alpha value is -0.830. The molecule has 0 aromatic heterocycles. The molecule has 0 heterocycles. The fourth-order valence-corrected chi connectivity index (χ4v) is 3.80. The molecule has 3 rings (SSSR count). The first-order valence-corrected chi connectivity index (χ1v) is 8.11. The van der Waals surface area contributed by atoms with Gasteiger partial charge in [-0.2, -0.15) is 0 Å². The van der Waals surface area contributed by atoms with Crippen LogP contribution in [0.3, 0.4) is 0 Å². The van der Waals surface area contributed by atoms with Gasteiger partial charge in [-0.15, -0.1) is 0 Å². The Kier molecular flexibility index (Phi) is 4.16. The van der Waals surface area contributed by atoms with Gasteiger partial charge in [0.05, 0.1) is 0 Å². The Balaban J connectivity index is 1.79. The van der Waals surface area contributed by atoms with Crippen LogP contribution in [0.4, 0.5) is 0 Å². The number of benzene rings is 2. The average molecular weight is 351 g/mol. The van der Waals surface area contributed by atoms with E-state index in [1.807, 2.05) is 12.1 Å². The van der Waals surface area contributed by atoms with E-state index in [2.05, 4.69) is 58.5 Å². The molecule has 0 radical (unpaired) electrons. The van der Waals surface area contributed by atoms with Crippen molar-refractivity contribution in [2.45, 2.75) is 31.8 Å². The molecule has 2 aromatic carbocycles. The Morgan fingerprint density at radius 1 is 1.25 bits per heavy atom. The summed E-state index contributed by atoms with van der Waals surface area (Å²) in [6.45, 7) is 2.22. The number of hydrogen-bond acceptors (Lipinski definition) is 1. The molecule has 20 heavy (non-hydrogen) atoms. The van der Waals surface area contributed by atoms with Gasteiger partial charge < -0.3 is 5.32 Å². The van der Waals surface area contributed by atoms with Crippen molar-refractivity contribution in [3.05, 3.63) is 68.7 Å². The highest BCUT2D eigenvalue weighted by molar-refractivity contribution is 9.10. The van der Waals surface area contributed by atoms with Crippen LogP contribution in [0.15, 0.2) is 46.9 Å². The molecule has 0 saturated heterocycles. The van der Waals surface area contributed by atoms with Gasteiger partial charge in [0.25, 0.3) is 0 Å². The number of fused-ring (bicyclic) bond motifs is 1. The molecule has 1 aliphatic carbocycles. The van der Waals surface area contributed by atoms with Crippen molar-refractivity contribution in [2.24, 2.45) is 0 Å². The minimum Gasteiger partial charge on any atom is -0.303 e. The molecule has 1 N–H and O–H groups in total. The normalized spacial score (nSPS) is 18.9. The summed E-state index contributed by atoms with van der Waals surface area (Å²) in [6, 6.07) is 15.4. The highest BCUT2D eigenvalue weighted by Gasteiger charge is 2.24. The first kappa shape index (κ1) is 14.1. The number of halogens is 2. The summed E-state index contributed by atoms with van der Waals surface area (Å²) < 4.78 is 1.16. The van der Waals surface area contributed by atoms with Crippen LogP contribution >= 0.6 is 27.5 Å². The van der Waals surface area contributed by atoms with Gasteiger partial charge in [-0.25, -0.2) is 0 Å². The van der Waals surface area contributed by atoms with Gasteiger partial charge in [0.2, 0.25) is 0 Å². The van der Waals surface area contributed by atoms with Gasteiger partial charge in [-0.05, 0) is 54.7 Å². The van der Waals surface area contributed by atoms with E-state index in [1.54, 1.807) is 0 Å². The van der Waals surface area contributed by atoms with Gasteiger partial charge in [0.1, 0.15) is 0 Å². The average Bonchev–Trinajstić information content (AvgIpc) is 2.81. The largest absolute Gasteiger partial charge is 0.303 e. The number of rotatable bonds is 3. The van der Waals surface area contributed by atoms with Gasteiger partial charge in [0.15, 0.2) is 0 Å². The summed E-state index contributed by atoms with van der Waals surface area (Å²) in [6.07, 6.45) is 2.25. The Labute approximate surface area is 133 Å². The monoisotopic (exact) mass is 349 g/mol. The van der Waals surface area contributed by atoms with Crippen molar-refractivity contribution in [3.8, 4) is 0 Å². The van der Waals surface area contributed by atoms with Crippen LogP contribution in [0.25, 0.3) is 0 Å². The van der Waals surface area contributed by atoms with Crippen LogP contribution in [-0.2, 0) is 6.42 Å². The highest BCUT2D eigenvalue weighted by atomic mass is 79.9. The van der Waals surface area contributed by atoms with Crippen LogP contribution in [0, 0.1) is 0 Å². The molecule has 1 aliphatic rings. The third kappa shape index (κ3) is 2.78. The van der Waals surface area contributed by atoms with Gasteiger partial charge >= 0.3 is 0 Å². The second kappa shape index (κ2) is 5.88. The first-order chi connectivity index (χ1) is 9.65. The quantitative estimate of drug-likeness (QED) is 0.777. The summed E-state index contributed by atoms with van der Waals surface area (Å²) in [5.41, 5.74) is 4.08. The lowest BCUT2D eigenvalue weighted by Crippen LogP contribution is -2.23. The predicted molar refractivity (Wildman–Crippen MR) is 88.2 cm³/mol. The number of hydrogen-bond donors (Lipinski definition) is 1. The van der Waals surface area contributed by atoms with Crippen LogP contribution in [0.5, 0.6) is 0 Å². The molecule has 0 aliphatic heterocycles. The molecule has 2 atom stereocenters.